The van der Waals surface area contributed by atoms with E-state index in [0.29, 0.717) is 5.75 Å². The van der Waals surface area contributed by atoms with Crippen LogP contribution in [0, 0.1) is 0 Å². The van der Waals surface area contributed by atoms with Crippen LogP contribution in [-0.4, -0.2) is 19.1 Å². The van der Waals surface area contributed by atoms with Gasteiger partial charge in [0, 0.05) is 16.6 Å². The number of hydrogen-bond acceptors (Lipinski definition) is 3. The Balaban J connectivity index is 2.01. The molecular weight excluding hydrogens is 270 g/mol. The molecule has 84 valence electrons. The lowest BCUT2D eigenvalue weighted by Crippen LogP contribution is -2.25. The summed E-state index contributed by atoms with van der Waals surface area (Å²) < 4.78 is 6.22. The molecule has 0 aromatic heterocycles. The summed E-state index contributed by atoms with van der Waals surface area (Å²) in [6.45, 7) is 1.58. The van der Waals surface area contributed by atoms with Gasteiger partial charge in [-0.2, -0.15) is 0 Å². The van der Waals surface area contributed by atoms with E-state index in [0.717, 1.165) is 29.6 Å². The standard InChI is InChI=1S/C12H12BrNO2/c13-10-1-3-11(4-2-10)16-12(15)9-5-7-14-8-6-9/h1-5,14H,6-8H2. The summed E-state index contributed by atoms with van der Waals surface area (Å²) in [6, 6.07) is 7.23. The number of benzene rings is 1. The van der Waals surface area contributed by atoms with Gasteiger partial charge >= 0.3 is 5.97 Å². The van der Waals surface area contributed by atoms with Crippen molar-refractivity contribution >= 4 is 21.9 Å². The SMILES string of the molecule is O=C(Oc1ccc(Br)cc1)C1=CCNCC1. The molecule has 0 unspecified atom stereocenters. The van der Waals surface area contributed by atoms with Crippen molar-refractivity contribution in [1.82, 2.24) is 5.32 Å². The van der Waals surface area contributed by atoms with Crippen molar-refractivity contribution in [3.63, 3.8) is 0 Å². The molecule has 0 bridgehead atoms. The third-order valence-corrected chi connectivity index (χ3v) is 2.88. The summed E-state index contributed by atoms with van der Waals surface area (Å²) in [5.74, 6) is 0.330. The molecule has 0 radical (unpaired) electrons. The molecule has 1 aliphatic heterocycles. The third-order valence-electron chi connectivity index (χ3n) is 2.35. The van der Waals surface area contributed by atoms with Crippen molar-refractivity contribution in [2.45, 2.75) is 6.42 Å². The maximum atomic E-state index is 11.7. The lowest BCUT2D eigenvalue weighted by Gasteiger charge is -2.12. The third kappa shape index (κ3) is 2.93. The van der Waals surface area contributed by atoms with E-state index >= 15 is 0 Å². The molecule has 1 heterocycles. The van der Waals surface area contributed by atoms with Gasteiger partial charge in [-0.15, -0.1) is 0 Å². The molecule has 16 heavy (non-hydrogen) atoms. The summed E-state index contributed by atoms with van der Waals surface area (Å²) >= 11 is 3.33. The summed E-state index contributed by atoms with van der Waals surface area (Å²) in [4.78, 5) is 11.7. The van der Waals surface area contributed by atoms with Crippen LogP contribution in [0.2, 0.25) is 0 Å². The normalized spacial score (nSPS) is 15.4. The van der Waals surface area contributed by atoms with Gasteiger partial charge in [0.25, 0.3) is 0 Å². The van der Waals surface area contributed by atoms with Gasteiger partial charge in [-0.3, -0.25) is 0 Å². The summed E-state index contributed by atoms with van der Waals surface area (Å²) in [5, 5.41) is 3.15. The predicted octanol–water partition coefficient (Wildman–Crippen LogP) is 2.27. The number of esters is 1. The number of ether oxygens (including phenoxy) is 1. The topological polar surface area (TPSA) is 38.3 Å². The van der Waals surface area contributed by atoms with Crippen LogP contribution >= 0.6 is 15.9 Å². The first-order valence-corrected chi connectivity index (χ1v) is 5.92. The van der Waals surface area contributed by atoms with E-state index < -0.39 is 0 Å². The zero-order valence-electron chi connectivity index (χ0n) is 8.70. The van der Waals surface area contributed by atoms with E-state index in [1.807, 2.05) is 18.2 Å². The zero-order chi connectivity index (χ0) is 11.4. The lowest BCUT2D eigenvalue weighted by molar-refractivity contribution is -0.130. The second kappa shape index (κ2) is 5.27. The first-order chi connectivity index (χ1) is 7.75. The molecule has 1 aromatic rings. The fourth-order valence-electron chi connectivity index (χ4n) is 1.48. The van der Waals surface area contributed by atoms with Gasteiger partial charge in [0.15, 0.2) is 0 Å². The monoisotopic (exact) mass is 281 g/mol. The quantitative estimate of drug-likeness (QED) is 0.668. The van der Waals surface area contributed by atoms with Crippen LogP contribution in [0.5, 0.6) is 5.75 Å². The smallest absolute Gasteiger partial charge is 0.339 e. The van der Waals surface area contributed by atoms with Crippen LogP contribution in [0.15, 0.2) is 40.4 Å². The fourth-order valence-corrected chi connectivity index (χ4v) is 1.75. The molecule has 0 saturated heterocycles. The Hall–Kier alpha value is -1.13. The minimum atomic E-state index is -0.246. The Morgan fingerprint density at radius 2 is 2.06 bits per heavy atom. The maximum absolute atomic E-state index is 11.7. The van der Waals surface area contributed by atoms with Crippen LogP contribution in [-0.2, 0) is 4.79 Å². The van der Waals surface area contributed by atoms with Crippen LogP contribution in [0.3, 0.4) is 0 Å². The first kappa shape index (κ1) is 11.4. The molecule has 0 spiro atoms. The Kier molecular flexibility index (Phi) is 3.74. The van der Waals surface area contributed by atoms with Gasteiger partial charge in [-0.1, -0.05) is 22.0 Å². The summed E-state index contributed by atoms with van der Waals surface area (Å²) in [6.07, 6.45) is 2.61. The molecule has 0 aliphatic carbocycles. The molecule has 0 saturated carbocycles. The molecule has 1 N–H and O–H groups in total. The number of hydrogen-bond donors (Lipinski definition) is 1. The van der Waals surface area contributed by atoms with E-state index in [9.17, 15) is 4.79 Å². The average Bonchev–Trinajstić information content (AvgIpc) is 2.33. The van der Waals surface area contributed by atoms with Crippen LogP contribution in [0.25, 0.3) is 0 Å². The Labute approximate surface area is 103 Å². The molecule has 1 aliphatic rings. The van der Waals surface area contributed by atoms with Gasteiger partial charge in [0.1, 0.15) is 5.75 Å². The molecule has 3 nitrogen and oxygen atoms in total. The Morgan fingerprint density at radius 3 is 2.69 bits per heavy atom. The van der Waals surface area contributed by atoms with Gasteiger partial charge in [-0.25, -0.2) is 4.79 Å². The first-order valence-electron chi connectivity index (χ1n) is 5.13. The lowest BCUT2D eigenvalue weighted by atomic mass is 10.1. The zero-order valence-corrected chi connectivity index (χ0v) is 10.3. The molecule has 0 atom stereocenters. The molecule has 1 aromatic carbocycles. The van der Waals surface area contributed by atoms with E-state index in [1.165, 1.54) is 0 Å². The Morgan fingerprint density at radius 1 is 1.31 bits per heavy atom. The molecule has 0 amide bonds. The minimum Gasteiger partial charge on any atom is -0.423 e. The molecule has 2 rings (SSSR count). The molecule has 0 fully saturated rings. The van der Waals surface area contributed by atoms with Crippen LogP contribution < -0.4 is 10.1 Å². The number of halogens is 1. The van der Waals surface area contributed by atoms with E-state index in [4.69, 9.17) is 4.74 Å². The second-order valence-corrected chi connectivity index (χ2v) is 4.44. The van der Waals surface area contributed by atoms with Crippen molar-refractivity contribution in [2.24, 2.45) is 0 Å². The minimum absolute atomic E-state index is 0.246. The number of rotatable bonds is 2. The van der Waals surface area contributed by atoms with E-state index in [2.05, 4.69) is 21.2 Å². The van der Waals surface area contributed by atoms with Crippen molar-refractivity contribution in [2.75, 3.05) is 13.1 Å². The average molecular weight is 282 g/mol. The molecular formula is C12H12BrNO2. The number of nitrogens with one attached hydrogen (secondary N) is 1. The van der Waals surface area contributed by atoms with Crippen LogP contribution in [0.1, 0.15) is 6.42 Å². The van der Waals surface area contributed by atoms with Gasteiger partial charge < -0.3 is 10.1 Å². The highest BCUT2D eigenvalue weighted by molar-refractivity contribution is 9.10. The van der Waals surface area contributed by atoms with Gasteiger partial charge in [0.05, 0.1) is 0 Å². The van der Waals surface area contributed by atoms with Gasteiger partial charge in [0.2, 0.25) is 0 Å². The largest absolute Gasteiger partial charge is 0.423 e. The van der Waals surface area contributed by atoms with Crippen molar-refractivity contribution in [3.8, 4) is 5.75 Å². The van der Waals surface area contributed by atoms with Crippen molar-refractivity contribution in [1.29, 1.82) is 0 Å². The highest BCUT2D eigenvalue weighted by Gasteiger charge is 2.13. The molecule has 4 heteroatoms. The Bertz CT molecular complexity index is 412. The van der Waals surface area contributed by atoms with Crippen LogP contribution in [0.4, 0.5) is 0 Å². The highest BCUT2D eigenvalue weighted by Crippen LogP contribution is 2.18. The number of carbonyl (C=O) groups excluding carboxylic acids is 1. The van der Waals surface area contributed by atoms with Gasteiger partial charge in [-0.05, 0) is 37.2 Å². The second-order valence-electron chi connectivity index (χ2n) is 3.53. The maximum Gasteiger partial charge on any atom is 0.339 e. The number of carbonyl (C=O) groups is 1. The summed E-state index contributed by atoms with van der Waals surface area (Å²) in [7, 11) is 0. The van der Waals surface area contributed by atoms with Crippen molar-refractivity contribution < 1.29 is 9.53 Å². The summed E-state index contributed by atoms with van der Waals surface area (Å²) in [5.41, 5.74) is 0.752. The van der Waals surface area contributed by atoms with E-state index in [-0.39, 0.29) is 5.97 Å². The van der Waals surface area contributed by atoms with Crippen molar-refractivity contribution in [3.05, 3.63) is 40.4 Å². The predicted molar refractivity (Wildman–Crippen MR) is 65.3 cm³/mol. The fraction of sp³-hybridized carbons (Fsp3) is 0.250. The van der Waals surface area contributed by atoms with E-state index in [1.54, 1.807) is 12.1 Å². The highest BCUT2D eigenvalue weighted by atomic mass is 79.9.